The van der Waals surface area contributed by atoms with Crippen LogP contribution in [0.3, 0.4) is 0 Å². The van der Waals surface area contributed by atoms with E-state index in [0.717, 1.165) is 43.4 Å². The zero-order chi connectivity index (χ0) is 44.1. The molecule has 62 heavy (non-hydrogen) atoms. The van der Waals surface area contributed by atoms with Crippen LogP contribution in [0.2, 0.25) is 0 Å². The van der Waals surface area contributed by atoms with Gasteiger partial charge in [-0.25, -0.2) is 0 Å². The Morgan fingerprint density at radius 1 is 0.871 bits per heavy atom. The Balaban J connectivity index is 0.852. The van der Waals surface area contributed by atoms with Crippen molar-refractivity contribution in [1.29, 1.82) is 0 Å². The van der Waals surface area contributed by atoms with Crippen molar-refractivity contribution in [3.05, 3.63) is 36.0 Å². The summed E-state index contributed by atoms with van der Waals surface area (Å²) in [4.78, 5) is 11.1. The fourth-order valence-corrected chi connectivity index (χ4v) is 13.2. The van der Waals surface area contributed by atoms with E-state index in [4.69, 9.17) is 43.0 Å². The SMILES string of the molecule is C=C(CC12CC(C)CC(O1)C1OC3(CC1O2)NCC(C)CC3C)C1OC(O)(C(O)C2CC3OC4(CCC5(C=C(C)CC(C=CC(O)CC(=O)O)O5)O4)C(C)CC3O2)C(C)CC1C. The number of carboxylic acid groups (broad SMARTS) is 1. The van der Waals surface area contributed by atoms with Crippen molar-refractivity contribution in [2.45, 2.75) is 215 Å². The van der Waals surface area contributed by atoms with Crippen LogP contribution in [0.1, 0.15) is 126 Å². The Hall–Kier alpha value is -1.79. The van der Waals surface area contributed by atoms with Gasteiger partial charge < -0.3 is 58.3 Å². The standard InChI is InChI=1S/C48H73NO13/c1-25-14-34(10-9-33(50)18-40(51)52)56-44(20-25)11-12-47(62-44)31(7)17-35-36(59-47)19-38(55-35)43(53)48(54)32(8)16-28(4)41(61-48)29(5)22-45-21-26(2)15-37(57-45)42-39(58-45)23-46(60-42)30(6)13-27(3)24-49-46/h9-10,20,26-28,30-39,41-43,49-50,53-54H,5,11-19,21-24H2,1-4,6-8H3,(H,51,52). The van der Waals surface area contributed by atoms with Crippen LogP contribution in [0.25, 0.3) is 0 Å². The lowest BCUT2D eigenvalue weighted by Crippen LogP contribution is -2.62. The van der Waals surface area contributed by atoms with E-state index in [-0.39, 0.29) is 48.8 Å². The number of hydrogen-bond acceptors (Lipinski definition) is 13. The van der Waals surface area contributed by atoms with E-state index in [1.165, 1.54) is 6.08 Å². The van der Waals surface area contributed by atoms with Gasteiger partial charge in [-0.2, -0.15) is 0 Å². The van der Waals surface area contributed by atoms with Gasteiger partial charge in [-0.1, -0.05) is 65.8 Å². The van der Waals surface area contributed by atoms with Gasteiger partial charge in [-0.05, 0) is 74.3 Å². The topological polar surface area (TPSA) is 184 Å². The van der Waals surface area contributed by atoms with Gasteiger partial charge in [-0.3, -0.25) is 10.1 Å². The molecule has 21 unspecified atom stereocenters. The number of carboxylic acids is 1. The molecular formula is C48H73NO13. The second-order valence-electron chi connectivity index (χ2n) is 21.6. The zero-order valence-electron chi connectivity index (χ0n) is 37.8. The van der Waals surface area contributed by atoms with Crippen molar-refractivity contribution in [3.63, 3.8) is 0 Å². The van der Waals surface area contributed by atoms with Crippen LogP contribution in [-0.2, 0) is 42.7 Å². The number of aliphatic hydroxyl groups excluding tert-OH is 2. The molecule has 14 heteroatoms. The van der Waals surface area contributed by atoms with Crippen LogP contribution in [0.4, 0.5) is 0 Å². The summed E-state index contributed by atoms with van der Waals surface area (Å²) in [7, 11) is 0. The molecule has 8 saturated heterocycles. The van der Waals surface area contributed by atoms with Crippen molar-refractivity contribution < 1.29 is 63.1 Å². The van der Waals surface area contributed by atoms with Gasteiger partial charge in [0.1, 0.15) is 17.9 Å². The molecule has 14 nitrogen and oxygen atoms in total. The lowest BCUT2D eigenvalue weighted by atomic mass is 9.76. The van der Waals surface area contributed by atoms with Crippen LogP contribution in [-0.4, -0.2) is 123 Å². The predicted molar refractivity (Wildman–Crippen MR) is 225 cm³/mol. The van der Waals surface area contributed by atoms with Crippen molar-refractivity contribution in [3.8, 4) is 0 Å². The first-order valence-corrected chi connectivity index (χ1v) is 23.7. The first kappa shape index (κ1) is 45.4. The second kappa shape index (κ2) is 16.5. The number of aliphatic carboxylic acids is 1. The minimum atomic E-state index is -1.90. The van der Waals surface area contributed by atoms with E-state index in [2.05, 4.69) is 46.5 Å². The number of rotatable bonds is 9. The smallest absolute Gasteiger partial charge is 0.306 e. The number of piperidine rings is 1. The van der Waals surface area contributed by atoms with E-state index in [9.17, 15) is 20.1 Å². The highest BCUT2D eigenvalue weighted by atomic mass is 16.8. The van der Waals surface area contributed by atoms with Gasteiger partial charge in [0.2, 0.25) is 0 Å². The van der Waals surface area contributed by atoms with E-state index in [0.29, 0.717) is 62.7 Å². The van der Waals surface area contributed by atoms with Gasteiger partial charge in [0.15, 0.2) is 23.1 Å². The maximum Gasteiger partial charge on any atom is 0.306 e. The molecule has 0 aromatic heterocycles. The summed E-state index contributed by atoms with van der Waals surface area (Å²) in [6, 6.07) is 0. The zero-order valence-corrected chi connectivity index (χ0v) is 37.8. The summed E-state index contributed by atoms with van der Waals surface area (Å²) in [5.74, 6) is -4.97. The maximum absolute atomic E-state index is 12.4. The number of nitrogens with one attached hydrogen (secondary N) is 1. The molecule has 9 rings (SSSR count). The summed E-state index contributed by atoms with van der Waals surface area (Å²) in [6.07, 6.45) is 6.88. The molecule has 5 N–H and O–H groups in total. The van der Waals surface area contributed by atoms with Crippen LogP contribution >= 0.6 is 0 Å². The molecule has 9 heterocycles. The number of hydrogen-bond donors (Lipinski definition) is 5. The van der Waals surface area contributed by atoms with Crippen molar-refractivity contribution in [2.24, 2.45) is 35.5 Å². The highest BCUT2D eigenvalue weighted by molar-refractivity contribution is 5.67. The average molecular weight is 872 g/mol. The molecule has 0 aromatic rings. The minimum Gasteiger partial charge on any atom is -0.481 e. The lowest BCUT2D eigenvalue weighted by molar-refractivity contribution is -0.367. The predicted octanol–water partition coefficient (Wildman–Crippen LogP) is 5.62. The molecule has 0 amide bonds. The lowest BCUT2D eigenvalue weighted by Gasteiger charge is -2.53. The third-order valence-corrected chi connectivity index (χ3v) is 16.2. The van der Waals surface area contributed by atoms with E-state index in [1.807, 2.05) is 19.9 Å². The molecule has 8 fully saturated rings. The molecule has 9 aliphatic rings. The fraction of sp³-hybridized carbons (Fsp3) is 0.854. The molecule has 3 spiro atoms. The Bertz CT molecular complexity index is 1780. The van der Waals surface area contributed by atoms with Crippen LogP contribution < -0.4 is 5.32 Å². The third kappa shape index (κ3) is 8.22. The largest absolute Gasteiger partial charge is 0.481 e. The van der Waals surface area contributed by atoms with Gasteiger partial charge in [0.25, 0.3) is 0 Å². The maximum atomic E-state index is 12.4. The number of aliphatic hydroxyl groups is 3. The first-order valence-electron chi connectivity index (χ1n) is 23.7. The van der Waals surface area contributed by atoms with Gasteiger partial charge >= 0.3 is 5.97 Å². The summed E-state index contributed by atoms with van der Waals surface area (Å²) in [5, 5.41) is 47.5. The Morgan fingerprint density at radius 3 is 2.40 bits per heavy atom. The molecule has 0 aromatic carbocycles. The fourth-order valence-electron chi connectivity index (χ4n) is 13.2. The van der Waals surface area contributed by atoms with E-state index in [1.54, 1.807) is 6.08 Å². The number of ether oxygens (including phenoxy) is 8. The summed E-state index contributed by atoms with van der Waals surface area (Å²) < 4.78 is 54.2. The van der Waals surface area contributed by atoms with Gasteiger partial charge in [0, 0.05) is 56.9 Å². The molecule has 0 radical (unpaired) electrons. The van der Waals surface area contributed by atoms with Crippen molar-refractivity contribution >= 4 is 5.97 Å². The van der Waals surface area contributed by atoms with Crippen LogP contribution in [0.5, 0.6) is 0 Å². The second-order valence-corrected chi connectivity index (χ2v) is 21.6. The Labute approximate surface area is 367 Å². The number of carbonyl (C=O) groups is 1. The van der Waals surface area contributed by atoms with Crippen LogP contribution in [0, 0.1) is 35.5 Å². The van der Waals surface area contributed by atoms with Crippen LogP contribution in [0.15, 0.2) is 36.0 Å². The van der Waals surface area contributed by atoms with E-state index >= 15 is 0 Å². The molecule has 0 saturated carbocycles. The summed E-state index contributed by atoms with van der Waals surface area (Å²) >= 11 is 0. The van der Waals surface area contributed by atoms with Gasteiger partial charge in [0.05, 0.1) is 55.3 Å². The molecule has 348 valence electrons. The first-order chi connectivity index (χ1) is 29.2. The highest BCUT2D eigenvalue weighted by Crippen LogP contribution is 2.56. The quantitative estimate of drug-likeness (QED) is 0.180. The third-order valence-electron chi connectivity index (χ3n) is 16.2. The molecule has 9 aliphatic heterocycles. The average Bonchev–Trinajstić information content (AvgIpc) is 3.87. The van der Waals surface area contributed by atoms with Crippen molar-refractivity contribution in [1.82, 2.24) is 5.32 Å². The van der Waals surface area contributed by atoms with Gasteiger partial charge in [-0.15, -0.1) is 0 Å². The molecule has 2 bridgehead atoms. The molecule has 21 atom stereocenters. The Kier molecular flexibility index (Phi) is 12.1. The minimum absolute atomic E-state index is 0.0226. The molecule has 0 aliphatic carbocycles. The summed E-state index contributed by atoms with van der Waals surface area (Å²) in [6.45, 7) is 20.4. The van der Waals surface area contributed by atoms with E-state index < -0.39 is 71.3 Å². The number of fused-ring (bicyclic) bond motifs is 5. The van der Waals surface area contributed by atoms with Crippen molar-refractivity contribution in [2.75, 3.05) is 6.54 Å². The normalized spacial score (nSPS) is 52.3. The monoisotopic (exact) mass is 872 g/mol. The highest BCUT2D eigenvalue weighted by Gasteiger charge is 2.64. The molecular weight excluding hydrogens is 799 g/mol. The summed E-state index contributed by atoms with van der Waals surface area (Å²) in [5.41, 5.74) is 1.44. The Morgan fingerprint density at radius 2 is 1.65 bits per heavy atom.